The van der Waals surface area contributed by atoms with Gasteiger partial charge in [0.25, 0.3) is 0 Å². The highest BCUT2D eigenvalue weighted by Crippen LogP contribution is 2.19. The van der Waals surface area contributed by atoms with Gasteiger partial charge in [0.2, 0.25) is 10.0 Å². The van der Waals surface area contributed by atoms with E-state index in [1.165, 1.54) is 18.3 Å². The Labute approximate surface area is 92.0 Å². The normalized spacial score (nSPS) is 11.8. The van der Waals surface area contributed by atoms with Gasteiger partial charge in [0.1, 0.15) is 0 Å². The molecule has 0 aliphatic rings. The predicted octanol–water partition coefficient (Wildman–Crippen LogP) is 1.15. The van der Waals surface area contributed by atoms with Gasteiger partial charge in [0.05, 0.1) is 17.3 Å². The minimum atomic E-state index is -3.40. The van der Waals surface area contributed by atoms with Crippen molar-refractivity contribution in [2.24, 2.45) is 0 Å². The van der Waals surface area contributed by atoms with Gasteiger partial charge in [-0.1, -0.05) is 6.07 Å². The van der Waals surface area contributed by atoms with Crippen LogP contribution in [0.25, 0.3) is 10.9 Å². The summed E-state index contributed by atoms with van der Waals surface area (Å²) in [6, 6.07) is 6.00. The number of carboxylic acid groups (broad SMARTS) is 1. The van der Waals surface area contributed by atoms with Crippen molar-refractivity contribution < 1.29 is 18.3 Å². The second kappa shape index (κ2) is 3.34. The largest absolute Gasteiger partial charge is 0.478 e. The van der Waals surface area contributed by atoms with Crippen LogP contribution >= 0.6 is 0 Å². The summed E-state index contributed by atoms with van der Waals surface area (Å²) in [7, 11) is -3.40. The van der Waals surface area contributed by atoms with Crippen molar-refractivity contribution in [3.05, 3.63) is 36.0 Å². The molecule has 1 aromatic carbocycles. The number of aromatic nitrogens is 1. The number of rotatable bonds is 2. The molecule has 0 aliphatic heterocycles. The maximum atomic E-state index is 11.4. The van der Waals surface area contributed by atoms with E-state index < -0.39 is 16.0 Å². The van der Waals surface area contributed by atoms with Crippen molar-refractivity contribution in [3.8, 4) is 0 Å². The first-order chi connectivity index (χ1) is 7.39. The van der Waals surface area contributed by atoms with Gasteiger partial charge in [0.15, 0.2) is 0 Å². The van der Waals surface area contributed by atoms with Gasteiger partial charge in [-0.15, -0.1) is 0 Å². The average Bonchev–Trinajstić information content (AvgIpc) is 2.58. The highest BCUT2D eigenvalue weighted by molar-refractivity contribution is 7.89. The van der Waals surface area contributed by atoms with Crippen molar-refractivity contribution in [2.45, 2.75) is 0 Å². The van der Waals surface area contributed by atoms with Crippen LogP contribution in [0, 0.1) is 0 Å². The summed E-state index contributed by atoms with van der Waals surface area (Å²) >= 11 is 0. The number of aromatic carboxylic acids is 1. The molecule has 0 amide bonds. The van der Waals surface area contributed by atoms with Crippen LogP contribution in [0.2, 0.25) is 0 Å². The number of carboxylic acids is 1. The maximum absolute atomic E-state index is 11.4. The Bertz CT molecular complexity index is 669. The van der Waals surface area contributed by atoms with E-state index in [0.29, 0.717) is 10.9 Å². The zero-order valence-electron chi connectivity index (χ0n) is 8.41. The molecule has 0 bridgehead atoms. The van der Waals surface area contributed by atoms with E-state index in [0.717, 1.165) is 10.2 Å². The average molecular weight is 239 g/mol. The summed E-state index contributed by atoms with van der Waals surface area (Å²) in [6.07, 6.45) is 2.48. The van der Waals surface area contributed by atoms with Gasteiger partial charge in [-0.25, -0.2) is 17.2 Å². The minimum absolute atomic E-state index is 0.0658. The molecule has 0 saturated carbocycles. The Balaban J connectivity index is 2.80. The fourth-order valence-corrected chi connectivity index (χ4v) is 2.32. The molecule has 6 heteroatoms. The van der Waals surface area contributed by atoms with Crippen molar-refractivity contribution in [1.29, 1.82) is 0 Å². The van der Waals surface area contributed by atoms with Crippen LogP contribution in [0.4, 0.5) is 0 Å². The third kappa shape index (κ3) is 1.67. The molecule has 0 spiro atoms. The number of nitrogens with zero attached hydrogens (tertiary/aromatic N) is 1. The lowest BCUT2D eigenvalue weighted by Crippen LogP contribution is -2.08. The molecular formula is C10H9NO4S. The van der Waals surface area contributed by atoms with Gasteiger partial charge < -0.3 is 5.11 Å². The molecular weight excluding hydrogens is 230 g/mol. The minimum Gasteiger partial charge on any atom is -0.478 e. The van der Waals surface area contributed by atoms with E-state index in [2.05, 4.69) is 0 Å². The molecule has 84 valence electrons. The summed E-state index contributed by atoms with van der Waals surface area (Å²) in [5.41, 5.74) is 0.443. The number of hydrogen-bond acceptors (Lipinski definition) is 3. The molecule has 5 nitrogen and oxygen atoms in total. The standard InChI is InChI=1S/C10H9NO4S/c1-16(14,15)11-5-4-7-2-3-8(10(12)13)6-9(7)11/h2-6H,1H3,(H,12,13). The molecule has 0 fully saturated rings. The Kier molecular flexibility index (Phi) is 2.23. The third-order valence-electron chi connectivity index (χ3n) is 2.26. The van der Waals surface area contributed by atoms with E-state index in [1.54, 1.807) is 12.1 Å². The van der Waals surface area contributed by atoms with Crippen LogP contribution in [0.1, 0.15) is 10.4 Å². The number of hydrogen-bond donors (Lipinski definition) is 1. The smallest absolute Gasteiger partial charge is 0.335 e. The molecule has 0 radical (unpaired) electrons. The zero-order chi connectivity index (χ0) is 11.9. The summed E-state index contributed by atoms with van der Waals surface area (Å²) < 4.78 is 23.9. The molecule has 1 aromatic heterocycles. The highest BCUT2D eigenvalue weighted by Gasteiger charge is 2.11. The van der Waals surface area contributed by atoms with Crippen LogP contribution in [0.15, 0.2) is 30.5 Å². The molecule has 1 heterocycles. The van der Waals surface area contributed by atoms with E-state index in [4.69, 9.17) is 5.11 Å². The molecule has 0 saturated heterocycles. The van der Waals surface area contributed by atoms with Gasteiger partial charge in [0, 0.05) is 11.6 Å². The van der Waals surface area contributed by atoms with Crippen molar-refractivity contribution >= 4 is 26.9 Å². The quantitative estimate of drug-likeness (QED) is 0.852. The monoisotopic (exact) mass is 239 g/mol. The molecule has 0 atom stereocenters. The molecule has 2 aromatic rings. The van der Waals surface area contributed by atoms with Crippen molar-refractivity contribution in [3.63, 3.8) is 0 Å². The Hall–Kier alpha value is -1.82. The first kappa shape index (κ1) is 10.7. The van der Waals surface area contributed by atoms with Crippen LogP contribution in [0.5, 0.6) is 0 Å². The molecule has 0 unspecified atom stereocenters. The van der Waals surface area contributed by atoms with Crippen LogP contribution in [-0.4, -0.2) is 29.7 Å². The number of benzene rings is 1. The SMILES string of the molecule is CS(=O)(=O)n1ccc2ccc(C(=O)O)cc21. The summed E-state index contributed by atoms with van der Waals surface area (Å²) in [5, 5.41) is 9.51. The number of carbonyl (C=O) groups is 1. The molecule has 0 aliphatic carbocycles. The lowest BCUT2D eigenvalue weighted by atomic mass is 10.2. The second-order valence-electron chi connectivity index (χ2n) is 3.45. The van der Waals surface area contributed by atoms with Crippen molar-refractivity contribution in [1.82, 2.24) is 3.97 Å². The van der Waals surface area contributed by atoms with Crippen LogP contribution < -0.4 is 0 Å². The second-order valence-corrected chi connectivity index (χ2v) is 5.31. The summed E-state index contributed by atoms with van der Waals surface area (Å²) in [5.74, 6) is -1.08. The summed E-state index contributed by atoms with van der Waals surface area (Å²) in [4.78, 5) is 10.8. The van der Waals surface area contributed by atoms with Crippen molar-refractivity contribution in [2.75, 3.05) is 6.26 Å². The molecule has 1 N–H and O–H groups in total. The topological polar surface area (TPSA) is 76.4 Å². The van der Waals surface area contributed by atoms with E-state index in [1.807, 2.05) is 0 Å². The lowest BCUT2D eigenvalue weighted by molar-refractivity contribution is 0.0697. The van der Waals surface area contributed by atoms with Crippen LogP contribution in [-0.2, 0) is 10.0 Å². The first-order valence-corrected chi connectivity index (χ1v) is 6.29. The van der Waals surface area contributed by atoms with Gasteiger partial charge in [-0.05, 0) is 18.2 Å². The van der Waals surface area contributed by atoms with Gasteiger partial charge >= 0.3 is 5.97 Å². The summed E-state index contributed by atoms with van der Waals surface area (Å²) in [6.45, 7) is 0. The highest BCUT2D eigenvalue weighted by atomic mass is 32.2. The zero-order valence-corrected chi connectivity index (χ0v) is 9.23. The predicted molar refractivity (Wildman–Crippen MR) is 59.1 cm³/mol. The van der Waals surface area contributed by atoms with Gasteiger partial charge in [-0.2, -0.15) is 0 Å². The first-order valence-electron chi connectivity index (χ1n) is 4.44. The fourth-order valence-electron chi connectivity index (χ4n) is 1.53. The Morgan fingerprint density at radius 3 is 2.56 bits per heavy atom. The Morgan fingerprint density at radius 2 is 2.00 bits per heavy atom. The van der Waals surface area contributed by atoms with E-state index in [9.17, 15) is 13.2 Å². The third-order valence-corrected chi connectivity index (χ3v) is 3.29. The van der Waals surface area contributed by atoms with Crippen LogP contribution in [0.3, 0.4) is 0 Å². The fraction of sp³-hybridized carbons (Fsp3) is 0.100. The molecule has 16 heavy (non-hydrogen) atoms. The Morgan fingerprint density at radius 1 is 1.31 bits per heavy atom. The number of fused-ring (bicyclic) bond motifs is 1. The van der Waals surface area contributed by atoms with E-state index >= 15 is 0 Å². The lowest BCUT2D eigenvalue weighted by Gasteiger charge is -2.02. The van der Waals surface area contributed by atoms with E-state index in [-0.39, 0.29) is 5.56 Å². The molecule has 2 rings (SSSR count). The maximum Gasteiger partial charge on any atom is 0.335 e. The van der Waals surface area contributed by atoms with Gasteiger partial charge in [-0.3, -0.25) is 0 Å².